The first-order valence-electron chi connectivity index (χ1n) is 6.63. The van der Waals surface area contributed by atoms with E-state index in [1.807, 2.05) is 6.92 Å². The largest absolute Gasteiger partial charge is 0.369 e. The molecule has 0 spiro atoms. The summed E-state index contributed by atoms with van der Waals surface area (Å²) >= 11 is 0. The van der Waals surface area contributed by atoms with Crippen LogP contribution in [0.15, 0.2) is 12.4 Å². The van der Waals surface area contributed by atoms with Crippen LogP contribution in [0.5, 0.6) is 0 Å². The average molecular weight is 251 g/mol. The van der Waals surface area contributed by atoms with Crippen LogP contribution in [0.1, 0.15) is 27.2 Å². The summed E-state index contributed by atoms with van der Waals surface area (Å²) in [6, 6.07) is 0.599. The molecule has 0 amide bonds. The average Bonchev–Trinajstić information content (AvgIpc) is 2.35. The van der Waals surface area contributed by atoms with E-state index in [4.69, 9.17) is 0 Å². The lowest BCUT2D eigenvalue weighted by Gasteiger charge is -2.20. The van der Waals surface area contributed by atoms with Gasteiger partial charge in [0.25, 0.3) is 0 Å². The molecule has 0 aromatic carbocycles. The number of nitrogens with zero attached hydrogens (tertiary/aromatic N) is 3. The van der Waals surface area contributed by atoms with E-state index < -0.39 is 0 Å². The Morgan fingerprint density at radius 1 is 1.22 bits per heavy atom. The SMILES string of the molecule is CCNc1cncc(NCCCN(C)C(C)C)n1. The minimum atomic E-state index is 0.599. The zero-order valence-corrected chi connectivity index (χ0v) is 11.9. The molecule has 18 heavy (non-hydrogen) atoms. The number of aromatic nitrogens is 2. The van der Waals surface area contributed by atoms with E-state index in [1.54, 1.807) is 12.4 Å². The monoisotopic (exact) mass is 251 g/mol. The van der Waals surface area contributed by atoms with Crippen LogP contribution in [0.4, 0.5) is 11.6 Å². The fraction of sp³-hybridized carbons (Fsp3) is 0.692. The molecule has 0 saturated heterocycles. The van der Waals surface area contributed by atoms with Gasteiger partial charge in [-0.3, -0.25) is 4.98 Å². The molecule has 0 aliphatic heterocycles. The van der Waals surface area contributed by atoms with E-state index >= 15 is 0 Å². The van der Waals surface area contributed by atoms with Crippen molar-refractivity contribution in [3.63, 3.8) is 0 Å². The lowest BCUT2D eigenvalue weighted by molar-refractivity contribution is 0.273. The third-order valence-electron chi connectivity index (χ3n) is 2.87. The maximum absolute atomic E-state index is 4.42. The van der Waals surface area contributed by atoms with E-state index in [0.29, 0.717) is 6.04 Å². The Balaban J connectivity index is 2.28. The number of nitrogens with one attached hydrogen (secondary N) is 2. The molecule has 1 aromatic heterocycles. The van der Waals surface area contributed by atoms with Gasteiger partial charge >= 0.3 is 0 Å². The summed E-state index contributed by atoms with van der Waals surface area (Å²) in [5.74, 6) is 1.66. The number of rotatable bonds is 8. The van der Waals surface area contributed by atoms with Gasteiger partial charge in [-0.25, -0.2) is 4.98 Å². The van der Waals surface area contributed by atoms with Crippen molar-refractivity contribution >= 4 is 11.6 Å². The molecule has 0 bridgehead atoms. The van der Waals surface area contributed by atoms with Crippen molar-refractivity contribution < 1.29 is 0 Å². The van der Waals surface area contributed by atoms with Gasteiger partial charge in [0.15, 0.2) is 0 Å². The van der Waals surface area contributed by atoms with E-state index in [0.717, 1.165) is 37.7 Å². The maximum Gasteiger partial charge on any atom is 0.146 e. The Morgan fingerprint density at radius 3 is 2.50 bits per heavy atom. The molecule has 5 nitrogen and oxygen atoms in total. The summed E-state index contributed by atoms with van der Waals surface area (Å²) in [6.45, 7) is 9.32. The predicted octanol–water partition coefficient (Wildman–Crippen LogP) is 2.05. The van der Waals surface area contributed by atoms with Crippen molar-refractivity contribution in [3.05, 3.63) is 12.4 Å². The van der Waals surface area contributed by atoms with Crippen molar-refractivity contribution in [2.45, 2.75) is 33.2 Å². The highest BCUT2D eigenvalue weighted by Gasteiger charge is 2.02. The second kappa shape index (κ2) is 7.87. The van der Waals surface area contributed by atoms with Crippen molar-refractivity contribution in [3.8, 4) is 0 Å². The Labute approximate surface area is 110 Å². The first-order valence-corrected chi connectivity index (χ1v) is 6.63. The summed E-state index contributed by atoms with van der Waals surface area (Å²) in [5, 5.41) is 6.45. The third-order valence-corrected chi connectivity index (χ3v) is 2.87. The molecule has 102 valence electrons. The smallest absolute Gasteiger partial charge is 0.146 e. The Morgan fingerprint density at radius 2 is 1.89 bits per heavy atom. The van der Waals surface area contributed by atoms with Gasteiger partial charge in [0, 0.05) is 19.1 Å². The standard InChI is InChI=1S/C13H25N5/c1-5-15-12-9-14-10-13(17-12)16-7-6-8-18(4)11(2)3/h9-11H,5-8H2,1-4H3,(H2,15,16,17). The van der Waals surface area contributed by atoms with Crippen LogP contribution in [0.3, 0.4) is 0 Å². The highest BCUT2D eigenvalue weighted by molar-refractivity contribution is 5.41. The molecule has 0 fully saturated rings. The highest BCUT2D eigenvalue weighted by atomic mass is 15.1. The first kappa shape index (κ1) is 14.7. The van der Waals surface area contributed by atoms with Crippen LogP contribution in [0.2, 0.25) is 0 Å². The van der Waals surface area contributed by atoms with Gasteiger partial charge in [-0.05, 0) is 40.8 Å². The van der Waals surface area contributed by atoms with Crippen molar-refractivity contribution in [1.29, 1.82) is 0 Å². The summed E-state index contributed by atoms with van der Waals surface area (Å²) in [7, 11) is 2.15. The third kappa shape index (κ3) is 5.31. The number of hydrogen-bond donors (Lipinski definition) is 2. The maximum atomic E-state index is 4.42. The lowest BCUT2D eigenvalue weighted by Crippen LogP contribution is -2.28. The van der Waals surface area contributed by atoms with Gasteiger partial charge in [0.05, 0.1) is 12.4 Å². The fourth-order valence-electron chi connectivity index (χ4n) is 1.52. The van der Waals surface area contributed by atoms with Gasteiger partial charge in [-0.2, -0.15) is 0 Å². The Kier molecular flexibility index (Phi) is 6.43. The Hall–Kier alpha value is -1.36. The molecule has 0 atom stereocenters. The van der Waals surface area contributed by atoms with Crippen LogP contribution in [-0.4, -0.2) is 47.6 Å². The zero-order chi connectivity index (χ0) is 13.4. The lowest BCUT2D eigenvalue weighted by atomic mass is 10.3. The fourth-order valence-corrected chi connectivity index (χ4v) is 1.52. The molecule has 1 aromatic rings. The highest BCUT2D eigenvalue weighted by Crippen LogP contribution is 2.06. The summed E-state index contributed by atoms with van der Waals surface area (Å²) in [6.07, 6.45) is 4.59. The van der Waals surface area contributed by atoms with E-state index in [2.05, 4.69) is 46.4 Å². The molecule has 0 aliphatic carbocycles. The van der Waals surface area contributed by atoms with Crippen LogP contribution >= 0.6 is 0 Å². The van der Waals surface area contributed by atoms with E-state index in [9.17, 15) is 0 Å². The van der Waals surface area contributed by atoms with Gasteiger partial charge in [0.2, 0.25) is 0 Å². The molecule has 1 heterocycles. The van der Waals surface area contributed by atoms with Crippen molar-refractivity contribution in [2.75, 3.05) is 37.3 Å². The second-order valence-electron chi connectivity index (χ2n) is 4.67. The van der Waals surface area contributed by atoms with Crippen molar-refractivity contribution in [1.82, 2.24) is 14.9 Å². The number of hydrogen-bond acceptors (Lipinski definition) is 5. The number of anilines is 2. The predicted molar refractivity (Wildman–Crippen MR) is 77.1 cm³/mol. The van der Waals surface area contributed by atoms with E-state index in [-0.39, 0.29) is 0 Å². The zero-order valence-electron chi connectivity index (χ0n) is 11.9. The van der Waals surface area contributed by atoms with Gasteiger partial charge in [-0.15, -0.1) is 0 Å². The quantitative estimate of drug-likeness (QED) is 0.693. The minimum Gasteiger partial charge on any atom is -0.369 e. The molecule has 2 N–H and O–H groups in total. The van der Waals surface area contributed by atoms with Gasteiger partial charge in [-0.1, -0.05) is 0 Å². The molecule has 0 radical (unpaired) electrons. The summed E-state index contributed by atoms with van der Waals surface area (Å²) in [5.41, 5.74) is 0. The van der Waals surface area contributed by atoms with E-state index in [1.165, 1.54) is 0 Å². The Bertz CT molecular complexity index is 340. The topological polar surface area (TPSA) is 53.1 Å². The molecule has 0 saturated carbocycles. The minimum absolute atomic E-state index is 0.599. The second-order valence-corrected chi connectivity index (χ2v) is 4.67. The molecule has 1 rings (SSSR count). The molecule has 0 aliphatic rings. The van der Waals surface area contributed by atoms with Crippen LogP contribution in [0, 0.1) is 0 Å². The van der Waals surface area contributed by atoms with Crippen molar-refractivity contribution in [2.24, 2.45) is 0 Å². The molecule has 0 unspecified atom stereocenters. The molecule has 5 heteroatoms. The molecular weight excluding hydrogens is 226 g/mol. The van der Waals surface area contributed by atoms with Crippen LogP contribution in [-0.2, 0) is 0 Å². The van der Waals surface area contributed by atoms with Crippen LogP contribution in [0.25, 0.3) is 0 Å². The summed E-state index contributed by atoms with van der Waals surface area (Å²) in [4.78, 5) is 10.9. The van der Waals surface area contributed by atoms with Gasteiger partial charge in [0.1, 0.15) is 11.6 Å². The normalized spacial score (nSPS) is 11.0. The first-order chi connectivity index (χ1) is 8.63. The van der Waals surface area contributed by atoms with Gasteiger partial charge < -0.3 is 15.5 Å². The molecular formula is C13H25N5. The summed E-state index contributed by atoms with van der Waals surface area (Å²) < 4.78 is 0. The van der Waals surface area contributed by atoms with Crippen LogP contribution < -0.4 is 10.6 Å².